The molecular formula is C36H38F3N3O7. The van der Waals surface area contributed by atoms with E-state index >= 15 is 0 Å². The number of hydrogen-bond donors (Lipinski definition) is 0. The Balaban J connectivity index is 1.63. The van der Waals surface area contributed by atoms with Crippen molar-refractivity contribution < 1.29 is 41.8 Å². The van der Waals surface area contributed by atoms with Crippen molar-refractivity contribution in [3.8, 4) is 5.75 Å². The molecule has 0 saturated carbocycles. The first-order valence-corrected chi connectivity index (χ1v) is 15.6. The number of hydrogen-bond acceptors (Lipinski definition) is 9. The molecule has 260 valence electrons. The Kier molecular flexibility index (Phi) is 10.9. The maximum absolute atomic E-state index is 13.9. The highest BCUT2D eigenvalue weighted by molar-refractivity contribution is 6.07. The summed E-state index contributed by atoms with van der Waals surface area (Å²) in [5, 5.41) is 8.39. The minimum absolute atomic E-state index is 0.120. The van der Waals surface area contributed by atoms with Gasteiger partial charge >= 0.3 is 18.1 Å². The Morgan fingerprint density at radius 1 is 0.918 bits per heavy atom. The van der Waals surface area contributed by atoms with Gasteiger partial charge in [0.05, 0.1) is 17.1 Å². The highest BCUT2D eigenvalue weighted by atomic mass is 19.4. The van der Waals surface area contributed by atoms with Crippen LogP contribution in [-0.2, 0) is 38.4 Å². The zero-order valence-electron chi connectivity index (χ0n) is 28.1. The molecule has 0 radical (unpaired) electrons. The number of carbonyl (C=O) groups is 3. The molecule has 0 bridgehead atoms. The maximum Gasteiger partial charge on any atom is 0.416 e. The largest absolute Gasteiger partial charge is 0.489 e. The Hall–Kier alpha value is -5.07. The summed E-state index contributed by atoms with van der Waals surface area (Å²) in [5.41, 5.74) is -2.88. The minimum Gasteiger partial charge on any atom is -0.489 e. The zero-order chi connectivity index (χ0) is 36.1. The third-order valence-corrected chi connectivity index (χ3v) is 7.45. The van der Waals surface area contributed by atoms with Crippen LogP contribution in [0.1, 0.15) is 74.5 Å². The highest BCUT2D eigenvalue weighted by Gasteiger charge is 2.52. The molecule has 0 amide bonds. The van der Waals surface area contributed by atoms with Crippen molar-refractivity contribution in [2.75, 3.05) is 0 Å². The van der Waals surface area contributed by atoms with Crippen molar-refractivity contribution in [3.05, 3.63) is 99.3 Å². The van der Waals surface area contributed by atoms with Gasteiger partial charge in [0.15, 0.2) is 11.2 Å². The zero-order valence-corrected chi connectivity index (χ0v) is 28.1. The second kappa shape index (κ2) is 14.6. The highest BCUT2D eigenvalue weighted by Crippen LogP contribution is 2.35. The average Bonchev–Trinajstić information content (AvgIpc) is 3.01. The molecule has 3 aromatic carbocycles. The molecule has 4 rings (SSSR count). The maximum atomic E-state index is 13.9. The van der Waals surface area contributed by atoms with Gasteiger partial charge in [0, 0.05) is 18.5 Å². The van der Waals surface area contributed by atoms with E-state index in [0.29, 0.717) is 16.5 Å². The molecule has 0 N–H and O–H groups in total. The van der Waals surface area contributed by atoms with Crippen LogP contribution < -0.4 is 10.3 Å². The molecule has 0 aliphatic rings. The molecular weight excluding hydrogens is 643 g/mol. The van der Waals surface area contributed by atoms with Gasteiger partial charge in [0.1, 0.15) is 23.5 Å². The Labute approximate surface area is 281 Å². The number of halogens is 3. The van der Waals surface area contributed by atoms with Crippen LogP contribution in [0, 0.1) is 12.3 Å². The summed E-state index contributed by atoms with van der Waals surface area (Å²) in [4.78, 5) is 54.8. The topological polar surface area (TPSA) is 127 Å². The second-order valence-electron chi connectivity index (χ2n) is 13.0. The number of benzene rings is 3. The number of esters is 2. The van der Waals surface area contributed by atoms with Gasteiger partial charge in [-0.1, -0.05) is 29.0 Å². The van der Waals surface area contributed by atoms with Gasteiger partial charge in [-0.3, -0.25) is 19.2 Å². The SMILES string of the molecule is Cc1ccc2nnn(CCC(CC(=O)c3ccc(OCc4cccc(C(F)(F)F)c4)cc3)(C(=O)OC(C)C)C(=O)OC(C)(C)C)c(=O)c2c1. The van der Waals surface area contributed by atoms with Crippen LogP contribution in [0.3, 0.4) is 0 Å². The summed E-state index contributed by atoms with van der Waals surface area (Å²) < 4.78 is 57.1. The van der Waals surface area contributed by atoms with E-state index in [9.17, 15) is 32.3 Å². The van der Waals surface area contributed by atoms with E-state index in [1.165, 1.54) is 36.4 Å². The molecule has 1 heterocycles. The molecule has 0 spiro atoms. The van der Waals surface area contributed by atoms with E-state index < -0.39 is 58.6 Å². The molecule has 13 heteroatoms. The molecule has 1 unspecified atom stereocenters. The van der Waals surface area contributed by atoms with Crippen LogP contribution >= 0.6 is 0 Å². The number of ether oxygens (including phenoxy) is 3. The summed E-state index contributed by atoms with van der Waals surface area (Å²) in [6, 6.07) is 15.6. The molecule has 0 saturated heterocycles. The Morgan fingerprint density at radius 2 is 1.61 bits per heavy atom. The van der Waals surface area contributed by atoms with Crippen LogP contribution in [-0.4, -0.2) is 44.4 Å². The van der Waals surface area contributed by atoms with Crippen LogP contribution in [0.4, 0.5) is 13.2 Å². The van der Waals surface area contributed by atoms with Crippen molar-refractivity contribution in [1.82, 2.24) is 15.0 Å². The molecule has 1 aromatic heterocycles. The minimum atomic E-state index is -4.49. The molecule has 0 aliphatic carbocycles. The average molecular weight is 682 g/mol. The molecule has 0 aliphatic heterocycles. The van der Waals surface area contributed by atoms with E-state index in [4.69, 9.17) is 14.2 Å². The fourth-order valence-electron chi connectivity index (χ4n) is 4.97. The monoisotopic (exact) mass is 681 g/mol. The van der Waals surface area contributed by atoms with Crippen LogP contribution in [0.25, 0.3) is 10.9 Å². The van der Waals surface area contributed by atoms with Crippen molar-refractivity contribution >= 4 is 28.6 Å². The third-order valence-electron chi connectivity index (χ3n) is 7.45. The molecule has 0 fully saturated rings. The summed E-state index contributed by atoms with van der Waals surface area (Å²) in [6.45, 7) is 9.44. The van der Waals surface area contributed by atoms with E-state index in [0.717, 1.165) is 22.4 Å². The second-order valence-corrected chi connectivity index (χ2v) is 13.0. The first kappa shape index (κ1) is 36.8. The van der Waals surface area contributed by atoms with Crippen LogP contribution in [0.2, 0.25) is 0 Å². The van der Waals surface area contributed by atoms with Gasteiger partial charge in [-0.15, -0.1) is 5.10 Å². The quantitative estimate of drug-likeness (QED) is 0.0919. The van der Waals surface area contributed by atoms with E-state index in [1.807, 2.05) is 6.92 Å². The number of aryl methyl sites for hydroxylation is 2. The standard InChI is InChI=1S/C36H38F3N3O7/c1-22(2)48-32(45)35(33(46)49-34(4,5)6,16-17-42-31(44)28-18-23(3)10-15-29(28)40-41-42)20-30(43)25-11-13-27(14-12-25)47-21-24-8-7-9-26(19-24)36(37,38)39/h7-15,18-19,22H,16-17,20-21H2,1-6H3. The number of ketones is 1. The Bertz CT molecular complexity index is 1900. The smallest absolute Gasteiger partial charge is 0.416 e. The van der Waals surface area contributed by atoms with Gasteiger partial charge in [0.25, 0.3) is 5.56 Å². The van der Waals surface area contributed by atoms with Gasteiger partial charge in [-0.05, 0) is 102 Å². The number of carbonyl (C=O) groups excluding carboxylic acids is 3. The molecule has 1 atom stereocenters. The lowest BCUT2D eigenvalue weighted by Gasteiger charge is -2.33. The summed E-state index contributed by atoms with van der Waals surface area (Å²) in [6.07, 6.45) is -6.17. The molecule has 49 heavy (non-hydrogen) atoms. The number of aromatic nitrogens is 3. The lowest BCUT2D eigenvalue weighted by Crippen LogP contribution is -2.48. The van der Waals surface area contributed by atoms with Gasteiger partial charge in [0.2, 0.25) is 0 Å². The fraction of sp³-hybridized carbons (Fsp3) is 0.389. The van der Waals surface area contributed by atoms with Gasteiger partial charge in [-0.25, -0.2) is 4.68 Å². The summed E-state index contributed by atoms with van der Waals surface area (Å²) in [7, 11) is 0. The lowest BCUT2D eigenvalue weighted by molar-refractivity contribution is -0.182. The summed E-state index contributed by atoms with van der Waals surface area (Å²) >= 11 is 0. The predicted molar refractivity (Wildman–Crippen MR) is 174 cm³/mol. The number of alkyl halides is 3. The van der Waals surface area contributed by atoms with Crippen LogP contribution in [0.15, 0.2) is 71.5 Å². The third kappa shape index (κ3) is 9.30. The first-order valence-electron chi connectivity index (χ1n) is 15.6. The number of Topliss-reactive ketones (excluding diaryl/α,β-unsaturated/α-hetero) is 1. The Morgan fingerprint density at radius 3 is 2.24 bits per heavy atom. The molecule has 4 aromatic rings. The van der Waals surface area contributed by atoms with E-state index in [-0.39, 0.29) is 30.9 Å². The van der Waals surface area contributed by atoms with Crippen molar-refractivity contribution in [1.29, 1.82) is 0 Å². The summed E-state index contributed by atoms with van der Waals surface area (Å²) in [5.74, 6) is -2.33. The lowest BCUT2D eigenvalue weighted by atomic mass is 9.78. The van der Waals surface area contributed by atoms with Crippen LogP contribution in [0.5, 0.6) is 5.75 Å². The van der Waals surface area contributed by atoms with Gasteiger partial charge in [-0.2, -0.15) is 13.2 Å². The normalized spacial score (nSPS) is 13.2. The molecule has 10 nitrogen and oxygen atoms in total. The van der Waals surface area contributed by atoms with E-state index in [2.05, 4.69) is 10.3 Å². The van der Waals surface area contributed by atoms with E-state index in [1.54, 1.807) is 52.8 Å². The van der Waals surface area contributed by atoms with Crippen molar-refractivity contribution in [2.45, 2.75) is 85.4 Å². The number of nitrogens with zero attached hydrogens (tertiary/aromatic N) is 3. The van der Waals surface area contributed by atoms with Gasteiger partial charge < -0.3 is 14.2 Å². The first-order chi connectivity index (χ1) is 22.9. The van der Waals surface area contributed by atoms with Crippen molar-refractivity contribution in [2.24, 2.45) is 5.41 Å². The predicted octanol–water partition coefficient (Wildman–Crippen LogP) is 6.64. The number of rotatable bonds is 12. The fourth-order valence-corrected chi connectivity index (χ4v) is 4.97. The number of fused-ring (bicyclic) bond motifs is 1. The van der Waals surface area contributed by atoms with Crippen molar-refractivity contribution in [3.63, 3.8) is 0 Å².